The van der Waals surface area contributed by atoms with Crippen LogP contribution < -0.4 is 31.8 Å². The SMILES string of the molecule is [B-]1[P+](c2ccccc2)(c2ccccc2)[B-][P+](c2ccccc2)(c2ccccc2)[B-][P+]1(c1ccccc1)c1ccccc1. The molecular formula is C36H30B3P3. The molecule has 1 saturated heterocycles. The molecule has 1 aliphatic rings. The molecule has 0 saturated carbocycles. The van der Waals surface area contributed by atoms with Crippen LogP contribution >= 0.6 is 21.1 Å². The summed E-state index contributed by atoms with van der Waals surface area (Å²) in [5.74, 6) is 0. The maximum Gasteiger partial charge on any atom is 0.0900 e. The Bertz CT molecular complexity index is 1400. The third-order valence-electron chi connectivity index (χ3n) is 8.19. The number of rotatable bonds is 6. The van der Waals surface area contributed by atoms with Gasteiger partial charge in [-0.05, 0) is 72.8 Å². The molecule has 0 atom stereocenters. The summed E-state index contributed by atoms with van der Waals surface area (Å²) in [6, 6.07) is 67.9. The Balaban J connectivity index is 1.64. The van der Waals surface area contributed by atoms with Gasteiger partial charge in [0, 0.05) is 31.8 Å². The van der Waals surface area contributed by atoms with Gasteiger partial charge in [-0.2, -0.15) is 0 Å². The second-order valence-electron chi connectivity index (χ2n) is 10.7. The molecule has 1 aliphatic heterocycles. The first kappa shape index (κ1) is 27.6. The maximum atomic E-state index is 2.85. The van der Waals surface area contributed by atoms with Gasteiger partial charge in [-0.15, -0.1) is 0 Å². The van der Waals surface area contributed by atoms with Crippen LogP contribution in [0.5, 0.6) is 0 Å². The molecular weight excluding hydrogens is 558 g/mol. The van der Waals surface area contributed by atoms with Crippen LogP contribution in [-0.2, 0) is 0 Å². The van der Waals surface area contributed by atoms with E-state index in [9.17, 15) is 0 Å². The van der Waals surface area contributed by atoms with Crippen molar-refractivity contribution in [2.24, 2.45) is 0 Å². The lowest BCUT2D eigenvalue weighted by Gasteiger charge is -2.67. The second-order valence-corrected chi connectivity index (χ2v) is 21.2. The molecule has 0 unspecified atom stereocenters. The predicted octanol–water partition coefficient (Wildman–Crippen LogP) is 6.61. The zero-order valence-corrected chi connectivity index (χ0v) is 26.1. The predicted molar refractivity (Wildman–Crippen MR) is 194 cm³/mol. The summed E-state index contributed by atoms with van der Waals surface area (Å²) in [7, 11) is -6.55. The van der Waals surface area contributed by atoms with Crippen molar-refractivity contribution in [1.29, 1.82) is 0 Å². The van der Waals surface area contributed by atoms with E-state index in [4.69, 9.17) is 0 Å². The third kappa shape index (κ3) is 4.83. The smallest absolute Gasteiger partial charge is 0.0900 e. The number of benzene rings is 6. The first-order chi connectivity index (χ1) is 20.8. The van der Waals surface area contributed by atoms with Crippen LogP contribution in [-0.4, -0.2) is 20.2 Å². The topological polar surface area (TPSA) is 0 Å². The number of hydrogen-bond donors (Lipinski definition) is 0. The molecule has 0 bridgehead atoms. The van der Waals surface area contributed by atoms with E-state index in [0.29, 0.717) is 0 Å². The van der Waals surface area contributed by atoms with Gasteiger partial charge in [0.1, 0.15) is 0 Å². The van der Waals surface area contributed by atoms with Crippen molar-refractivity contribution in [1.82, 2.24) is 0 Å². The molecule has 42 heavy (non-hydrogen) atoms. The highest BCUT2D eigenvalue weighted by Gasteiger charge is 2.49. The molecule has 0 nitrogen and oxygen atoms in total. The summed E-state index contributed by atoms with van der Waals surface area (Å²) in [6.45, 7) is 8.54. The van der Waals surface area contributed by atoms with E-state index in [1.807, 2.05) is 0 Å². The lowest BCUT2D eigenvalue weighted by molar-refractivity contribution is 1.75. The Hall–Kier alpha value is -3.20. The minimum absolute atomic E-state index is 1.41. The average Bonchev–Trinajstić information content (AvgIpc) is 3.10. The van der Waals surface area contributed by atoms with E-state index in [1.165, 1.54) is 31.8 Å². The largest absolute Gasteiger partial charge is 0.279 e. The normalized spacial score (nSPS) is 16.9. The standard InChI is InChI=1S/C36H30B3P3/c1-7-19-31(20-8-1)40(32-21-9-2-10-22-32)37-41(33-23-11-3-12-24-33,34-25-13-4-14-26-34)39-42(38-40,35-27-15-5-16-28-35)36-29-17-6-18-30-36/h1-30H. The van der Waals surface area contributed by atoms with E-state index in [0.717, 1.165) is 0 Å². The van der Waals surface area contributed by atoms with Crippen LogP contribution in [0, 0.1) is 0 Å². The monoisotopic (exact) mass is 588 g/mol. The molecule has 1 fully saturated rings. The fourth-order valence-electron chi connectivity index (χ4n) is 6.25. The van der Waals surface area contributed by atoms with Gasteiger partial charge in [-0.3, -0.25) is 21.1 Å². The van der Waals surface area contributed by atoms with Crippen molar-refractivity contribution >= 4 is 73.0 Å². The minimum Gasteiger partial charge on any atom is -0.279 e. The summed E-state index contributed by atoms with van der Waals surface area (Å²) in [4.78, 5) is 0. The third-order valence-corrected chi connectivity index (χ3v) is 23.9. The molecule has 6 aromatic carbocycles. The van der Waals surface area contributed by atoms with Gasteiger partial charge >= 0.3 is 0 Å². The highest BCUT2D eigenvalue weighted by molar-refractivity contribution is 8.73. The van der Waals surface area contributed by atoms with Gasteiger partial charge in [-0.1, -0.05) is 109 Å². The van der Waals surface area contributed by atoms with Crippen molar-refractivity contribution in [3.63, 3.8) is 0 Å². The van der Waals surface area contributed by atoms with E-state index in [1.54, 1.807) is 0 Å². The molecule has 7 rings (SSSR count). The molecule has 0 N–H and O–H groups in total. The minimum atomic E-state index is -2.18. The fourth-order valence-corrected chi connectivity index (χ4v) is 26.8. The molecule has 1 heterocycles. The first-order valence-corrected chi connectivity index (χ1v) is 20.1. The van der Waals surface area contributed by atoms with Gasteiger partial charge in [-0.25, -0.2) is 0 Å². The van der Waals surface area contributed by atoms with E-state index in [-0.39, 0.29) is 0 Å². The van der Waals surface area contributed by atoms with E-state index < -0.39 is 21.1 Å². The second kappa shape index (κ2) is 11.8. The van der Waals surface area contributed by atoms with Crippen LogP contribution in [0.25, 0.3) is 0 Å². The summed E-state index contributed by atoms with van der Waals surface area (Å²) in [5, 5.41) is 8.48. The first-order valence-electron chi connectivity index (χ1n) is 14.4. The van der Waals surface area contributed by atoms with E-state index >= 15 is 0 Å². The summed E-state index contributed by atoms with van der Waals surface area (Å²) < 4.78 is 0. The van der Waals surface area contributed by atoms with Crippen molar-refractivity contribution in [2.75, 3.05) is 0 Å². The highest BCUT2D eigenvalue weighted by Crippen LogP contribution is 2.84. The van der Waals surface area contributed by atoms with E-state index in [2.05, 4.69) is 202 Å². The van der Waals surface area contributed by atoms with Gasteiger partial charge < -0.3 is 0 Å². The quantitative estimate of drug-likeness (QED) is 0.152. The van der Waals surface area contributed by atoms with Crippen LogP contribution in [0.4, 0.5) is 0 Å². The van der Waals surface area contributed by atoms with Crippen LogP contribution in [0.2, 0.25) is 0 Å². The number of hydrogen-bond acceptors (Lipinski definition) is 0. The molecule has 0 aromatic heterocycles. The summed E-state index contributed by atoms with van der Waals surface area (Å²) >= 11 is 0. The van der Waals surface area contributed by atoms with Crippen LogP contribution in [0.15, 0.2) is 182 Å². The summed E-state index contributed by atoms with van der Waals surface area (Å²) in [6.07, 6.45) is 0. The molecule has 6 radical (unpaired) electrons. The van der Waals surface area contributed by atoms with Gasteiger partial charge in [0.05, 0.1) is 20.2 Å². The Morgan fingerprint density at radius 2 is 0.357 bits per heavy atom. The maximum absolute atomic E-state index is 2.85. The Labute approximate surface area is 254 Å². The molecule has 6 heteroatoms. The highest BCUT2D eigenvalue weighted by atomic mass is 31.3. The van der Waals surface area contributed by atoms with Gasteiger partial charge in [0.15, 0.2) is 0 Å². The lowest BCUT2D eigenvalue weighted by Crippen LogP contribution is -2.49. The molecule has 6 aromatic rings. The summed E-state index contributed by atoms with van der Waals surface area (Å²) in [5.41, 5.74) is 0. The molecule has 0 aliphatic carbocycles. The Morgan fingerprint density at radius 1 is 0.214 bits per heavy atom. The van der Waals surface area contributed by atoms with Crippen molar-refractivity contribution in [3.05, 3.63) is 182 Å². The Morgan fingerprint density at radius 3 is 0.500 bits per heavy atom. The van der Waals surface area contributed by atoms with Crippen LogP contribution in [0.1, 0.15) is 0 Å². The molecule has 198 valence electrons. The molecule has 0 spiro atoms. The fraction of sp³-hybridized carbons (Fsp3) is 0. The van der Waals surface area contributed by atoms with Crippen LogP contribution in [0.3, 0.4) is 0 Å². The van der Waals surface area contributed by atoms with Crippen molar-refractivity contribution in [2.45, 2.75) is 0 Å². The average molecular weight is 588 g/mol. The molecule has 0 amide bonds. The van der Waals surface area contributed by atoms with Gasteiger partial charge in [0.25, 0.3) is 0 Å². The van der Waals surface area contributed by atoms with Gasteiger partial charge in [0.2, 0.25) is 0 Å². The Kier molecular flexibility index (Phi) is 7.78. The lowest BCUT2D eigenvalue weighted by atomic mass is 10.3. The van der Waals surface area contributed by atoms with Crippen molar-refractivity contribution < 1.29 is 0 Å². The zero-order valence-electron chi connectivity index (χ0n) is 23.4. The van der Waals surface area contributed by atoms with Crippen molar-refractivity contribution in [3.8, 4) is 0 Å². The zero-order chi connectivity index (χ0) is 28.3.